The van der Waals surface area contributed by atoms with E-state index in [1.807, 2.05) is 19.9 Å². The number of anilines is 1. The lowest BCUT2D eigenvalue weighted by molar-refractivity contribution is -0.120. The Bertz CT molecular complexity index is 534. The molecule has 18 heavy (non-hydrogen) atoms. The number of allylic oxidation sites excluding steroid dienone is 1. The van der Waals surface area contributed by atoms with Crippen molar-refractivity contribution in [2.24, 2.45) is 5.92 Å². The molecule has 3 nitrogen and oxygen atoms in total. The Labute approximate surface area is 111 Å². The fourth-order valence-electron chi connectivity index (χ4n) is 1.98. The van der Waals surface area contributed by atoms with Gasteiger partial charge in [-0.05, 0) is 24.1 Å². The van der Waals surface area contributed by atoms with E-state index in [-0.39, 0.29) is 24.2 Å². The van der Waals surface area contributed by atoms with Crippen molar-refractivity contribution >= 4 is 29.1 Å². The molecule has 1 aromatic rings. The van der Waals surface area contributed by atoms with Crippen LogP contribution >= 0.6 is 11.6 Å². The second-order valence-electron chi connectivity index (χ2n) is 4.63. The Morgan fingerprint density at radius 1 is 1.33 bits per heavy atom. The minimum absolute atomic E-state index is 0.170. The van der Waals surface area contributed by atoms with E-state index < -0.39 is 0 Å². The minimum Gasteiger partial charge on any atom is -0.274 e. The molecule has 0 saturated carbocycles. The topological polar surface area (TPSA) is 37.4 Å². The van der Waals surface area contributed by atoms with Crippen LogP contribution < -0.4 is 4.90 Å². The van der Waals surface area contributed by atoms with Gasteiger partial charge < -0.3 is 0 Å². The lowest BCUT2D eigenvalue weighted by Crippen LogP contribution is -2.28. The largest absolute Gasteiger partial charge is 0.274 e. The van der Waals surface area contributed by atoms with E-state index in [4.69, 9.17) is 11.6 Å². The normalized spacial score (nSPS) is 18.2. The number of hydrogen-bond donors (Lipinski definition) is 0. The van der Waals surface area contributed by atoms with Crippen LogP contribution in [0.4, 0.5) is 5.69 Å². The van der Waals surface area contributed by atoms with Crippen molar-refractivity contribution in [2.45, 2.75) is 20.3 Å². The molecule has 0 radical (unpaired) electrons. The summed E-state index contributed by atoms with van der Waals surface area (Å²) in [5, 5.41) is 0.509. The molecular formula is C14H14ClNO2. The van der Waals surface area contributed by atoms with Crippen molar-refractivity contribution in [1.82, 2.24) is 0 Å². The molecule has 0 N–H and O–H groups in total. The van der Waals surface area contributed by atoms with Gasteiger partial charge in [0.1, 0.15) is 0 Å². The van der Waals surface area contributed by atoms with Crippen molar-refractivity contribution in [1.29, 1.82) is 0 Å². The smallest absolute Gasteiger partial charge is 0.261 e. The highest BCUT2D eigenvalue weighted by Gasteiger charge is 2.34. The zero-order chi connectivity index (χ0) is 13.3. The Kier molecular flexibility index (Phi) is 3.53. The van der Waals surface area contributed by atoms with E-state index >= 15 is 0 Å². The van der Waals surface area contributed by atoms with E-state index in [2.05, 4.69) is 0 Å². The fourth-order valence-corrected chi connectivity index (χ4v) is 2.17. The molecule has 0 aliphatic carbocycles. The molecule has 0 unspecified atom stereocenters. The van der Waals surface area contributed by atoms with Crippen LogP contribution in [0.25, 0.3) is 0 Å². The number of rotatable bonds is 2. The Hall–Kier alpha value is -1.61. The Morgan fingerprint density at radius 3 is 2.67 bits per heavy atom. The van der Waals surface area contributed by atoms with Crippen molar-refractivity contribution < 1.29 is 9.59 Å². The number of amides is 2. The predicted molar refractivity (Wildman–Crippen MR) is 71.5 cm³/mol. The summed E-state index contributed by atoms with van der Waals surface area (Å²) in [5.74, 6) is -0.193. The second kappa shape index (κ2) is 4.94. The van der Waals surface area contributed by atoms with Crippen LogP contribution in [-0.2, 0) is 9.59 Å². The second-order valence-corrected chi connectivity index (χ2v) is 5.06. The third-order valence-corrected chi connectivity index (χ3v) is 2.90. The quantitative estimate of drug-likeness (QED) is 0.607. The van der Waals surface area contributed by atoms with Crippen LogP contribution in [0.3, 0.4) is 0 Å². The number of imide groups is 1. The maximum atomic E-state index is 12.2. The highest BCUT2D eigenvalue weighted by molar-refractivity contribution is 6.32. The van der Waals surface area contributed by atoms with Crippen molar-refractivity contribution in [3.8, 4) is 0 Å². The summed E-state index contributed by atoms with van der Waals surface area (Å²) >= 11 is 5.88. The van der Waals surface area contributed by atoms with Gasteiger partial charge in [0.05, 0.1) is 12.1 Å². The predicted octanol–water partition coefficient (Wildman–Crippen LogP) is 3.19. The van der Waals surface area contributed by atoms with Crippen molar-refractivity contribution in [3.05, 3.63) is 40.9 Å². The monoisotopic (exact) mass is 263 g/mol. The summed E-state index contributed by atoms with van der Waals surface area (Å²) in [4.78, 5) is 25.3. The van der Waals surface area contributed by atoms with Gasteiger partial charge in [0.15, 0.2) is 0 Å². The zero-order valence-corrected chi connectivity index (χ0v) is 11.1. The van der Waals surface area contributed by atoms with Gasteiger partial charge in [0.25, 0.3) is 5.91 Å². The summed E-state index contributed by atoms with van der Waals surface area (Å²) in [6, 6.07) is 6.76. The number of carbonyl (C=O) groups is 2. The van der Waals surface area contributed by atoms with Crippen LogP contribution in [0, 0.1) is 5.92 Å². The van der Waals surface area contributed by atoms with Gasteiger partial charge in [-0.1, -0.05) is 37.6 Å². The van der Waals surface area contributed by atoms with Gasteiger partial charge in [-0.15, -0.1) is 0 Å². The van der Waals surface area contributed by atoms with Gasteiger partial charge in [-0.25, -0.2) is 4.90 Å². The first kappa shape index (κ1) is 12.8. The van der Waals surface area contributed by atoms with E-state index in [1.165, 1.54) is 4.90 Å². The summed E-state index contributed by atoms with van der Waals surface area (Å²) in [5.41, 5.74) is 1.10. The third kappa shape index (κ3) is 2.46. The molecule has 1 saturated heterocycles. The van der Waals surface area contributed by atoms with Crippen LogP contribution in [0.5, 0.6) is 0 Å². The Morgan fingerprint density at radius 2 is 2.06 bits per heavy atom. The van der Waals surface area contributed by atoms with Crippen molar-refractivity contribution in [2.75, 3.05) is 4.90 Å². The van der Waals surface area contributed by atoms with Crippen LogP contribution in [0.1, 0.15) is 20.3 Å². The molecule has 0 atom stereocenters. The number of hydrogen-bond acceptors (Lipinski definition) is 2. The number of carbonyl (C=O) groups excluding carboxylic acids is 2. The molecular weight excluding hydrogens is 250 g/mol. The number of benzene rings is 1. The molecule has 4 heteroatoms. The minimum atomic E-state index is -0.240. The third-order valence-electron chi connectivity index (χ3n) is 2.67. The maximum absolute atomic E-state index is 12.2. The molecule has 1 heterocycles. The lowest BCUT2D eigenvalue weighted by atomic mass is 10.1. The lowest BCUT2D eigenvalue weighted by Gasteiger charge is -2.13. The van der Waals surface area contributed by atoms with Gasteiger partial charge in [0.2, 0.25) is 5.91 Å². The molecule has 1 aromatic carbocycles. The van der Waals surface area contributed by atoms with Gasteiger partial charge in [0, 0.05) is 10.6 Å². The summed E-state index contributed by atoms with van der Waals surface area (Å²) in [6.45, 7) is 3.96. The zero-order valence-electron chi connectivity index (χ0n) is 10.3. The molecule has 94 valence electrons. The first-order chi connectivity index (χ1) is 8.49. The molecule has 0 aromatic heterocycles. The maximum Gasteiger partial charge on any atom is 0.261 e. The standard InChI is InChI=1S/C14H14ClNO2/c1-9(2)6-10-7-13(17)16(14(10)18)12-5-3-4-11(15)8-12/h3-6,8-9H,7H2,1-2H3. The van der Waals surface area contributed by atoms with Crippen molar-refractivity contribution in [3.63, 3.8) is 0 Å². The molecule has 0 bridgehead atoms. The van der Waals surface area contributed by atoms with E-state index in [9.17, 15) is 9.59 Å². The number of halogens is 1. The molecule has 0 spiro atoms. The van der Waals surface area contributed by atoms with Crippen LogP contribution in [0.15, 0.2) is 35.9 Å². The molecule has 2 rings (SSSR count). The van der Waals surface area contributed by atoms with Crippen LogP contribution in [0.2, 0.25) is 5.02 Å². The molecule has 1 aliphatic heterocycles. The Balaban J connectivity index is 2.36. The van der Waals surface area contributed by atoms with Gasteiger partial charge >= 0.3 is 0 Å². The summed E-state index contributed by atoms with van der Waals surface area (Å²) < 4.78 is 0. The fraction of sp³-hybridized carbons (Fsp3) is 0.286. The van der Waals surface area contributed by atoms with E-state index in [0.29, 0.717) is 16.3 Å². The summed E-state index contributed by atoms with van der Waals surface area (Å²) in [6.07, 6.45) is 2.01. The highest BCUT2D eigenvalue weighted by Crippen LogP contribution is 2.28. The molecule has 1 aliphatic rings. The SMILES string of the molecule is CC(C)C=C1CC(=O)N(c2cccc(Cl)c2)C1=O. The van der Waals surface area contributed by atoms with Crippen LogP contribution in [-0.4, -0.2) is 11.8 Å². The van der Waals surface area contributed by atoms with Gasteiger partial charge in [-0.2, -0.15) is 0 Å². The summed E-state index contributed by atoms with van der Waals surface area (Å²) in [7, 11) is 0. The van der Waals surface area contributed by atoms with E-state index in [0.717, 1.165) is 0 Å². The molecule has 2 amide bonds. The number of nitrogens with zero attached hydrogens (tertiary/aromatic N) is 1. The average Bonchev–Trinajstić information content (AvgIpc) is 2.53. The average molecular weight is 264 g/mol. The van der Waals surface area contributed by atoms with E-state index in [1.54, 1.807) is 24.3 Å². The highest BCUT2D eigenvalue weighted by atomic mass is 35.5. The first-order valence-corrected chi connectivity index (χ1v) is 6.20. The van der Waals surface area contributed by atoms with Gasteiger partial charge in [-0.3, -0.25) is 9.59 Å². The molecule has 1 fully saturated rings. The first-order valence-electron chi connectivity index (χ1n) is 5.82.